The van der Waals surface area contributed by atoms with Gasteiger partial charge in [0.2, 0.25) is 0 Å². The van der Waals surface area contributed by atoms with E-state index in [-0.39, 0.29) is 0 Å². The Balaban J connectivity index is 3.68. The van der Waals surface area contributed by atoms with Gasteiger partial charge >= 0.3 is 0 Å². The smallest absolute Gasteiger partial charge is 0.179 e. The molecule has 0 unspecified atom stereocenters. The molecule has 1 rings (SSSR count). The molecule has 1 heterocycles. The van der Waals surface area contributed by atoms with E-state index in [0.717, 1.165) is 0 Å². The molecule has 1 aliphatic heterocycles. The molecule has 0 amide bonds. The fraction of sp³-hybridized carbons (Fsp3) is 1.00. The zero-order chi connectivity index (χ0) is 17.1. The molecule has 0 N–H and O–H groups in total. The number of rotatable bonds is 2. The summed E-state index contributed by atoms with van der Waals surface area (Å²) in [5.41, 5.74) is 0.597. The van der Waals surface area contributed by atoms with E-state index in [0.29, 0.717) is 11.1 Å². The van der Waals surface area contributed by atoms with Gasteiger partial charge in [0, 0.05) is 24.2 Å². The van der Waals surface area contributed by atoms with Crippen molar-refractivity contribution < 1.29 is 0 Å². The van der Waals surface area contributed by atoms with Crippen molar-refractivity contribution in [3.63, 3.8) is 0 Å². The van der Waals surface area contributed by atoms with E-state index in [2.05, 4.69) is 90.0 Å². The molecule has 1 aliphatic rings. The van der Waals surface area contributed by atoms with Crippen LogP contribution in [0.4, 0.5) is 0 Å². The van der Waals surface area contributed by atoms with Crippen molar-refractivity contribution in [2.75, 3.05) is 13.1 Å². The van der Waals surface area contributed by atoms with Crippen LogP contribution in [0.15, 0.2) is 0 Å². The Hall–Kier alpha value is 0.571. The molecule has 126 valence electrons. The molecule has 0 saturated carbocycles. The number of hydrogen-bond donors (Lipinski definition) is 0. The van der Waals surface area contributed by atoms with E-state index >= 15 is 0 Å². The highest BCUT2D eigenvalue weighted by Crippen LogP contribution is 2.45. The summed E-state index contributed by atoms with van der Waals surface area (Å²) in [6.07, 6.45) is 0. The number of nitrogens with zero attached hydrogens (tertiary/aromatic N) is 2. The second-order valence-corrected chi connectivity index (χ2v) is 36.9. The van der Waals surface area contributed by atoms with Gasteiger partial charge in [0.1, 0.15) is 0 Å². The molecule has 0 aromatic rings. The molecule has 2 nitrogen and oxygen atoms in total. The first-order chi connectivity index (χ1) is 8.97. The second kappa shape index (κ2) is 5.30. The normalized spacial score (nSPS) is 22.9. The average molecular weight is 345 g/mol. The maximum atomic E-state index is 3.03. The predicted molar refractivity (Wildman–Crippen MR) is 105 cm³/mol. The van der Waals surface area contributed by atoms with Gasteiger partial charge in [0.25, 0.3) is 0 Å². The van der Waals surface area contributed by atoms with Crippen molar-refractivity contribution >= 4 is 22.6 Å². The highest BCUT2D eigenvalue weighted by molar-refractivity contribution is 7.67. The Bertz CT molecular complexity index is 342. The van der Waals surface area contributed by atoms with Gasteiger partial charge in [-0.15, -0.1) is 0 Å². The first kappa shape index (κ1) is 19.6. The molecule has 21 heavy (non-hydrogen) atoms. The summed E-state index contributed by atoms with van der Waals surface area (Å²) in [4.78, 5) is 0. The van der Waals surface area contributed by atoms with Crippen molar-refractivity contribution in [2.45, 2.75) is 91.9 Å². The van der Waals surface area contributed by atoms with E-state index in [1.807, 2.05) is 0 Å². The summed E-state index contributed by atoms with van der Waals surface area (Å²) < 4.78 is 6.06. The maximum absolute atomic E-state index is 3.03. The Labute approximate surface area is 137 Å². The molecule has 1 fully saturated rings. The van der Waals surface area contributed by atoms with Gasteiger partial charge in [-0.25, -0.2) is 0 Å². The molecule has 1 saturated heterocycles. The second-order valence-electron chi connectivity index (χ2n) is 10.8. The molecule has 5 heteroatoms. The van der Waals surface area contributed by atoms with E-state index in [4.69, 9.17) is 0 Å². The van der Waals surface area contributed by atoms with Gasteiger partial charge in [0.05, 0.1) is 15.2 Å². The van der Waals surface area contributed by atoms with Crippen LogP contribution in [0.5, 0.6) is 0 Å². The van der Waals surface area contributed by atoms with Crippen LogP contribution >= 0.6 is 0 Å². The molecule has 0 aromatic heterocycles. The Kier molecular flexibility index (Phi) is 4.95. The summed E-state index contributed by atoms with van der Waals surface area (Å²) in [6, 6.07) is 0. The lowest BCUT2D eigenvalue weighted by molar-refractivity contribution is 0.267. The van der Waals surface area contributed by atoms with Crippen molar-refractivity contribution in [1.82, 2.24) is 9.13 Å². The average Bonchev–Trinajstić information content (AvgIpc) is 2.53. The van der Waals surface area contributed by atoms with Crippen LogP contribution in [0.3, 0.4) is 0 Å². The van der Waals surface area contributed by atoms with Crippen LogP contribution in [-0.4, -0.2) is 55.9 Å². The van der Waals surface area contributed by atoms with Crippen LogP contribution in [0.25, 0.3) is 0 Å². The lowest BCUT2D eigenvalue weighted by Gasteiger charge is -2.62. The third kappa shape index (κ3) is 3.13. The standard InChI is InChI=1S/C16H40N2Si3/c1-15(2,3)17-13-14-18(16(4,5)6)21(17,19(7,8)9)20(10,11)12/h13-14H2,1-12H3. The van der Waals surface area contributed by atoms with Crippen LogP contribution in [-0.2, 0) is 0 Å². The topological polar surface area (TPSA) is 6.48 Å². The molecule has 0 aromatic carbocycles. The largest absolute Gasteiger partial charge is 0.310 e. The SMILES string of the molecule is CC(C)(C)N1CCN(C(C)(C)C)[Si]1([Si](C)(C)C)[Si](C)(C)C. The van der Waals surface area contributed by atoms with Gasteiger partial charge in [-0.1, -0.05) is 39.3 Å². The van der Waals surface area contributed by atoms with E-state index in [1.54, 1.807) is 0 Å². The van der Waals surface area contributed by atoms with Gasteiger partial charge in [0.15, 0.2) is 7.43 Å². The Morgan fingerprint density at radius 2 is 0.857 bits per heavy atom. The highest BCUT2D eigenvalue weighted by atomic mass is 29.7. The lowest BCUT2D eigenvalue weighted by Crippen LogP contribution is -2.87. The molecule has 0 radical (unpaired) electrons. The van der Waals surface area contributed by atoms with Crippen molar-refractivity contribution in [2.24, 2.45) is 0 Å². The summed E-state index contributed by atoms with van der Waals surface area (Å²) in [7, 11) is -4.23. The van der Waals surface area contributed by atoms with Gasteiger partial charge < -0.3 is 9.13 Å². The predicted octanol–water partition coefficient (Wildman–Crippen LogP) is 4.48. The fourth-order valence-electron chi connectivity index (χ4n) is 5.06. The van der Waals surface area contributed by atoms with Gasteiger partial charge in [-0.2, -0.15) is 0 Å². The third-order valence-electron chi connectivity index (χ3n) is 5.04. The maximum Gasteiger partial charge on any atom is 0.179 e. The van der Waals surface area contributed by atoms with Crippen LogP contribution in [0.2, 0.25) is 39.3 Å². The molecule has 0 atom stereocenters. The van der Waals surface area contributed by atoms with E-state index in [1.165, 1.54) is 13.1 Å². The van der Waals surface area contributed by atoms with Crippen LogP contribution in [0, 0.1) is 0 Å². The minimum Gasteiger partial charge on any atom is -0.310 e. The van der Waals surface area contributed by atoms with E-state index < -0.39 is 22.6 Å². The van der Waals surface area contributed by atoms with Crippen molar-refractivity contribution in [3.8, 4) is 0 Å². The number of hydrogen-bond acceptors (Lipinski definition) is 2. The summed E-state index contributed by atoms with van der Waals surface area (Å²) in [5.74, 6) is 0. The highest BCUT2D eigenvalue weighted by Gasteiger charge is 2.68. The quantitative estimate of drug-likeness (QED) is 0.682. The minimum atomic E-state index is -1.62. The summed E-state index contributed by atoms with van der Waals surface area (Å²) >= 11 is 0. The fourth-order valence-corrected chi connectivity index (χ4v) is 55.7. The van der Waals surface area contributed by atoms with Crippen molar-refractivity contribution in [1.29, 1.82) is 0 Å². The van der Waals surface area contributed by atoms with Crippen LogP contribution in [0.1, 0.15) is 41.5 Å². The van der Waals surface area contributed by atoms with Gasteiger partial charge in [-0.05, 0) is 41.5 Å². The molecule has 0 spiro atoms. The molecule has 0 bridgehead atoms. The molecular weight excluding hydrogens is 304 g/mol. The monoisotopic (exact) mass is 344 g/mol. The van der Waals surface area contributed by atoms with Crippen LogP contribution < -0.4 is 0 Å². The first-order valence-corrected chi connectivity index (χ1v) is 19.4. The molecule has 0 aliphatic carbocycles. The Morgan fingerprint density at radius 1 is 0.619 bits per heavy atom. The molecular formula is C16H40N2Si3. The zero-order valence-electron chi connectivity index (χ0n) is 16.8. The Morgan fingerprint density at radius 3 is 1.00 bits per heavy atom. The lowest BCUT2D eigenvalue weighted by atomic mass is 10.1. The summed E-state index contributed by atoms with van der Waals surface area (Å²) in [5, 5.41) is 0. The van der Waals surface area contributed by atoms with Crippen molar-refractivity contribution in [3.05, 3.63) is 0 Å². The third-order valence-corrected chi connectivity index (χ3v) is 41.9. The minimum absolute atomic E-state index is 0.298. The zero-order valence-corrected chi connectivity index (χ0v) is 19.8. The van der Waals surface area contributed by atoms with E-state index in [9.17, 15) is 0 Å². The first-order valence-electron chi connectivity index (χ1n) is 8.53. The summed E-state index contributed by atoms with van der Waals surface area (Å²) in [6.45, 7) is 33.2. The van der Waals surface area contributed by atoms with Gasteiger partial charge in [-0.3, -0.25) is 0 Å².